The highest BCUT2D eigenvalue weighted by Crippen LogP contribution is 2.16. The molecule has 0 aliphatic carbocycles. The maximum absolute atomic E-state index is 12.0. The van der Waals surface area contributed by atoms with Crippen LogP contribution in [0.2, 0.25) is 5.02 Å². The van der Waals surface area contributed by atoms with Crippen molar-refractivity contribution in [3.63, 3.8) is 0 Å². The smallest absolute Gasteiger partial charge is 0.240 e. The van der Waals surface area contributed by atoms with Gasteiger partial charge in [0.15, 0.2) is 0 Å². The molecule has 0 radical (unpaired) electrons. The lowest BCUT2D eigenvalue weighted by Crippen LogP contribution is -2.51. The molecule has 6 heteroatoms. The third-order valence-electron chi connectivity index (χ3n) is 2.97. The highest BCUT2D eigenvalue weighted by atomic mass is 35.5. The zero-order valence-corrected chi connectivity index (χ0v) is 12.3. The van der Waals surface area contributed by atoms with Gasteiger partial charge in [0.25, 0.3) is 0 Å². The summed E-state index contributed by atoms with van der Waals surface area (Å²) in [4.78, 5) is 12.0. The van der Waals surface area contributed by atoms with Crippen molar-refractivity contribution in [3.05, 3.63) is 34.9 Å². The second-order valence-corrected chi connectivity index (χ2v) is 4.80. The lowest BCUT2D eigenvalue weighted by Gasteiger charge is -2.25. The third-order valence-corrected chi connectivity index (χ3v) is 3.22. The molecule has 1 saturated heterocycles. The molecule has 1 aromatic carbocycles. The number of hydrogen-bond donors (Lipinski definition) is 2. The van der Waals surface area contributed by atoms with Crippen LogP contribution in [-0.2, 0) is 9.53 Å². The first-order valence-corrected chi connectivity index (χ1v) is 6.41. The maximum Gasteiger partial charge on any atom is 0.240 e. The van der Waals surface area contributed by atoms with Crippen LogP contribution in [0.3, 0.4) is 0 Å². The summed E-state index contributed by atoms with van der Waals surface area (Å²) in [7, 11) is 0. The van der Waals surface area contributed by atoms with E-state index in [4.69, 9.17) is 16.3 Å². The Bertz CT molecular complexity index is 406. The Morgan fingerprint density at radius 3 is 2.74 bits per heavy atom. The van der Waals surface area contributed by atoms with Crippen LogP contribution in [0.25, 0.3) is 0 Å². The fraction of sp³-hybridized carbons (Fsp3) is 0.462. The molecular weight excluding hydrogens is 287 g/mol. The second-order valence-electron chi connectivity index (χ2n) is 4.36. The van der Waals surface area contributed by atoms with Crippen LogP contribution in [0, 0.1) is 0 Å². The Kier molecular flexibility index (Phi) is 6.58. The Morgan fingerprint density at radius 1 is 1.47 bits per heavy atom. The summed E-state index contributed by atoms with van der Waals surface area (Å²) in [6.45, 7) is 3.76. The van der Waals surface area contributed by atoms with E-state index in [2.05, 4.69) is 10.6 Å². The van der Waals surface area contributed by atoms with Crippen LogP contribution < -0.4 is 10.6 Å². The van der Waals surface area contributed by atoms with Gasteiger partial charge in [-0.2, -0.15) is 0 Å². The van der Waals surface area contributed by atoms with E-state index in [-0.39, 0.29) is 30.4 Å². The van der Waals surface area contributed by atoms with E-state index >= 15 is 0 Å². The molecule has 1 fully saturated rings. The van der Waals surface area contributed by atoms with Crippen LogP contribution in [-0.4, -0.2) is 31.7 Å². The van der Waals surface area contributed by atoms with Crippen molar-refractivity contribution in [1.29, 1.82) is 0 Å². The van der Waals surface area contributed by atoms with Gasteiger partial charge in [-0.05, 0) is 24.6 Å². The standard InChI is InChI=1S/C13H17ClN2O2.ClH/c1-9(10-2-4-11(14)5-3-10)16-13(17)12-8-18-7-6-15-12;/h2-5,9,12,15H,6-8H2,1H3,(H,16,17);1H. The van der Waals surface area contributed by atoms with Crippen molar-refractivity contribution >= 4 is 29.9 Å². The van der Waals surface area contributed by atoms with E-state index in [1.165, 1.54) is 0 Å². The highest BCUT2D eigenvalue weighted by Gasteiger charge is 2.22. The normalized spacial score (nSPS) is 20.2. The molecule has 2 rings (SSSR count). The van der Waals surface area contributed by atoms with Gasteiger partial charge < -0.3 is 15.4 Å². The van der Waals surface area contributed by atoms with Gasteiger partial charge in [-0.1, -0.05) is 23.7 Å². The zero-order chi connectivity index (χ0) is 13.0. The monoisotopic (exact) mass is 304 g/mol. The van der Waals surface area contributed by atoms with Crippen LogP contribution in [0.4, 0.5) is 0 Å². The number of ether oxygens (including phenoxy) is 1. The largest absolute Gasteiger partial charge is 0.378 e. The van der Waals surface area contributed by atoms with Crippen LogP contribution in [0.5, 0.6) is 0 Å². The van der Waals surface area contributed by atoms with Gasteiger partial charge in [0.2, 0.25) is 5.91 Å². The summed E-state index contributed by atoms with van der Waals surface area (Å²) in [6.07, 6.45) is 0. The molecule has 2 unspecified atom stereocenters. The summed E-state index contributed by atoms with van der Waals surface area (Å²) >= 11 is 5.83. The number of halogens is 2. The molecular formula is C13H18Cl2N2O2. The number of morpholine rings is 1. The summed E-state index contributed by atoms with van der Waals surface area (Å²) in [5.41, 5.74) is 1.03. The van der Waals surface area contributed by atoms with Crippen LogP contribution in [0.1, 0.15) is 18.5 Å². The predicted octanol–water partition coefficient (Wildman–Crippen LogP) is 1.93. The van der Waals surface area contributed by atoms with E-state index < -0.39 is 0 Å². The molecule has 2 atom stereocenters. The summed E-state index contributed by atoms with van der Waals surface area (Å²) in [5.74, 6) is -0.0304. The molecule has 1 aliphatic rings. The molecule has 1 aliphatic heterocycles. The molecule has 0 bridgehead atoms. The fourth-order valence-electron chi connectivity index (χ4n) is 1.88. The first-order chi connectivity index (χ1) is 8.66. The van der Waals surface area contributed by atoms with Gasteiger partial charge in [0.05, 0.1) is 19.3 Å². The Hall–Kier alpha value is -0.810. The minimum atomic E-state index is -0.256. The van der Waals surface area contributed by atoms with E-state index in [0.717, 1.165) is 5.56 Å². The lowest BCUT2D eigenvalue weighted by molar-refractivity contribution is -0.126. The molecule has 1 heterocycles. The second kappa shape index (κ2) is 7.70. The van der Waals surface area contributed by atoms with Gasteiger partial charge in [0, 0.05) is 11.6 Å². The fourth-order valence-corrected chi connectivity index (χ4v) is 2.01. The van der Waals surface area contributed by atoms with E-state index in [1.807, 2.05) is 31.2 Å². The highest BCUT2D eigenvalue weighted by molar-refractivity contribution is 6.30. The Morgan fingerprint density at radius 2 is 2.16 bits per heavy atom. The molecule has 2 N–H and O–H groups in total. The van der Waals surface area contributed by atoms with Crippen molar-refractivity contribution < 1.29 is 9.53 Å². The minimum absolute atomic E-state index is 0. The minimum Gasteiger partial charge on any atom is -0.378 e. The number of benzene rings is 1. The average Bonchev–Trinajstić information content (AvgIpc) is 2.40. The first kappa shape index (κ1) is 16.2. The van der Waals surface area contributed by atoms with Crippen molar-refractivity contribution in [2.75, 3.05) is 19.8 Å². The van der Waals surface area contributed by atoms with E-state index in [9.17, 15) is 4.79 Å². The van der Waals surface area contributed by atoms with Crippen molar-refractivity contribution in [3.8, 4) is 0 Å². The molecule has 1 amide bonds. The molecule has 0 saturated carbocycles. The molecule has 0 aromatic heterocycles. The quantitative estimate of drug-likeness (QED) is 0.897. The molecule has 1 aromatic rings. The van der Waals surface area contributed by atoms with Crippen molar-refractivity contribution in [2.45, 2.75) is 19.0 Å². The van der Waals surface area contributed by atoms with Gasteiger partial charge in [-0.25, -0.2) is 0 Å². The molecule has 4 nitrogen and oxygen atoms in total. The molecule has 106 valence electrons. The maximum atomic E-state index is 12.0. The van der Waals surface area contributed by atoms with Crippen LogP contribution in [0.15, 0.2) is 24.3 Å². The predicted molar refractivity (Wildman–Crippen MR) is 77.9 cm³/mol. The number of amides is 1. The first-order valence-electron chi connectivity index (χ1n) is 6.04. The summed E-state index contributed by atoms with van der Waals surface area (Å²) in [5, 5.41) is 6.78. The summed E-state index contributed by atoms with van der Waals surface area (Å²) < 4.78 is 5.27. The Balaban J connectivity index is 0.00000180. The average molecular weight is 305 g/mol. The van der Waals surface area contributed by atoms with Crippen molar-refractivity contribution in [2.24, 2.45) is 0 Å². The number of rotatable bonds is 3. The van der Waals surface area contributed by atoms with Gasteiger partial charge >= 0.3 is 0 Å². The topological polar surface area (TPSA) is 50.4 Å². The number of carbonyl (C=O) groups excluding carboxylic acids is 1. The summed E-state index contributed by atoms with van der Waals surface area (Å²) in [6, 6.07) is 7.17. The lowest BCUT2D eigenvalue weighted by atomic mass is 10.1. The SMILES string of the molecule is CC(NC(=O)C1COCCN1)c1ccc(Cl)cc1.Cl. The Labute approximate surface area is 124 Å². The van der Waals surface area contributed by atoms with E-state index in [1.54, 1.807) is 0 Å². The molecule has 19 heavy (non-hydrogen) atoms. The zero-order valence-electron chi connectivity index (χ0n) is 10.7. The van der Waals surface area contributed by atoms with Gasteiger partial charge in [0.1, 0.15) is 6.04 Å². The number of carbonyl (C=O) groups is 1. The number of nitrogens with one attached hydrogen (secondary N) is 2. The van der Waals surface area contributed by atoms with Gasteiger partial charge in [-0.3, -0.25) is 4.79 Å². The van der Waals surface area contributed by atoms with E-state index in [0.29, 0.717) is 24.8 Å². The number of hydrogen-bond acceptors (Lipinski definition) is 3. The third kappa shape index (κ3) is 4.66. The van der Waals surface area contributed by atoms with Crippen molar-refractivity contribution in [1.82, 2.24) is 10.6 Å². The molecule has 0 spiro atoms. The van der Waals surface area contributed by atoms with Crippen LogP contribution >= 0.6 is 24.0 Å². The van der Waals surface area contributed by atoms with Gasteiger partial charge in [-0.15, -0.1) is 12.4 Å².